The van der Waals surface area contributed by atoms with E-state index >= 15 is 0 Å². The van der Waals surface area contributed by atoms with Gasteiger partial charge in [-0.15, -0.1) is 11.3 Å². The molecule has 0 radical (unpaired) electrons. The third-order valence-electron chi connectivity index (χ3n) is 2.90. The van der Waals surface area contributed by atoms with Gasteiger partial charge >= 0.3 is 0 Å². The predicted molar refractivity (Wildman–Crippen MR) is 77.4 cm³/mol. The van der Waals surface area contributed by atoms with E-state index < -0.39 is 0 Å². The van der Waals surface area contributed by atoms with Crippen LogP contribution < -0.4 is 10.5 Å². The number of fused-ring (bicyclic) bond motifs is 2. The minimum absolute atomic E-state index is 0.513. The Bertz CT molecular complexity index is 817. The molecule has 0 saturated heterocycles. The fourth-order valence-corrected chi connectivity index (χ4v) is 2.90. The lowest BCUT2D eigenvalue weighted by atomic mass is 10.1. The summed E-state index contributed by atoms with van der Waals surface area (Å²) in [6.07, 6.45) is 0. The third-order valence-corrected chi connectivity index (χ3v) is 3.92. The smallest absolute Gasteiger partial charge is 0.130 e. The molecular formula is C14H11N3OS. The van der Waals surface area contributed by atoms with E-state index in [0.717, 1.165) is 26.9 Å². The molecule has 0 atom stereocenters. The van der Waals surface area contributed by atoms with Gasteiger partial charge in [-0.05, 0) is 31.2 Å². The molecule has 2 aromatic heterocycles. The van der Waals surface area contributed by atoms with Crippen LogP contribution in [0, 0.1) is 11.3 Å². The van der Waals surface area contributed by atoms with Gasteiger partial charge in [0.05, 0.1) is 17.8 Å². The summed E-state index contributed by atoms with van der Waals surface area (Å²) in [4.78, 5) is 5.85. The summed E-state index contributed by atoms with van der Waals surface area (Å²) in [5.74, 6) is 0.811. The number of rotatable bonds is 2. The molecule has 0 saturated carbocycles. The Hall–Kier alpha value is -2.32. The summed E-state index contributed by atoms with van der Waals surface area (Å²) in [5.41, 5.74) is 7.34. The summed E-state index contributed by atoms with van der Waals surface area (Å²) in [5, 5.41) is 10.8. The lowest BCUT2D eigenvalue weighted by molar-refractivity contribution is 0.340. The van der Waals surface area contributed by atoms with Crippen molar-refractivity contribution in [3.05, 3.63) is 29.1 Å². The zero-order valence-corrected chi connectivity index (χ0v) is 11.1. The molecule has 0 aliphatic heterocycles. The minimum atomic E-state index is 0.513. The number of benzene rings is 1. The van der Waals surface area contributed by atoms with Crippen LogP contribution in [0.2, 0.25) is 0 Å². The number of nitrogen functional groups attached to an aromatic ring is 1. The van der Waals surface area contributed by atoms with Crippen LogP contribution in [-0.4, -0.2) is 11.6 Å². The van der Waals surface area contributed by atoms with Crippen LogP contribution in [0.5, 0.6) is 5.75 Å². The average molecular weight is 269 g/mol. The van der Waals surface area contributed by atoms with Gasteiger partial charge in [-0.25, -0.2) is 4.98 Å². The van der Waals surface area contributed by atoms with E-state index in [0.29, 0.717) is 17.2 Å². The fourth-order valence-electron chi connectivity index (χ4n) is 2.02. The quantitative estimate of drug-likeness (QED) is 0.774. The first-order chi connectivity index (χ1) is 9.22. The molecule has 2 N–H and O–H groups in total. The Labute approximate surface area is 114 Å². The lowest BCUT2D eigenvalue weighted by Gasteiger charge is -2.04. The molecule has 1 aromatic carbocycles. The number of anilines is 1. The van der Waals surface area contributed by atoms with Gasteiger partial charge in [0.2, 0.25) is 0 Å². The SMILES string of the molecule is CCOc1ccc2nc3sc(C#N)c(N)c3cc2c1. The van der Waals surface area contributed by atoms with Gasteiger partial charge in [-0.3, -0.25) is 0 Å². The van der Waals surface area contributed by atoms with E-state index in [4.69, 9.17) is 15.7 Å². The average Bonchev–Trinajstić information content (AvgIpc) is 2.73. The highest BCUT2D eigenvalue weighted by atomic mass is 32.1. The largest absolute Gasteiger partial charge is 0.494 e. The normalized spacial score (nSPS) is 10.7. The van der Waals surface area contributed by atoms with Crippen molar-refractivity contribution in [2.75, 3.05) is 12.3 Å². The maximum absolute atomic E-state index is 9.00. The van der Waals surface area contributed by atoms with Crippen LogP contribution in [0.25, 0.3) is 21.1 Å². The van der Waals surface area contributed by atoms with Crippen LogP contribution in [0.4, 0.5) is 5.69 Å². The number of nitrogens with zero attached hydrogens (tertiary/aromatic N) is 2. The van der Waals surface area contributed by atoms with Crippen molar-refractivity contribution >= 4 is 38.1 Å². The van der Waals surface area contributed by atoms with Crippen molar-refractivity contribution in [1.82, 2.24) is 4.98 Å². The molecule has 94 valence electrons. The molecule has 0 aliphatic rings. The van der Waals surface area contributed by atoms with Gasteiger partial charge in [-0.1, -0.05) is 0 Å². The number of ether oxygens (including phenoxy) is 1. The van der Waals surface area contributed by atoms with Crippen molar-refractivity contribution in [3.63, 3.8) is 0 Å². The van der Waals surface area contributed by atoms with Crippen LogP contribution in [0.1, 0.15) is 11.8 Å². The van der Waals surface area contributed by atoms with Crippen LogP contribution >= 0.6 is 11.3 Å². The van der Waals surface area contributed by atoms with E-state index in [1.165, 1.54) is 11.3 Å². The summed E-state index contributed by atoms with van der Waals surface area (Å²) in [7, 11) is 0. The predicted octanol–water partition coefficient (Wildman–Crippen LogP) is 3.30. The van der Waals surface area contributed by atoms with E-state index in [1.807, 2.05) is 31.2 Å². The zero-order chi connectivity index (χ0) is 13.4. The first-order valence-corrected chi connectivity index (χ1v) is 6.70. The molecule has 0 fully saturated rings. The number of aromatic nitrogens is 1. The lowest BCUT2D eigenvalue weighted by Crippen LogP contribution is -1.91. The first-order valence-electron chi connectivity index (χ1n) is 5.88. The Balaban J connectivity index is 2.28. The van der Waals surface area contributed by atoms with Crippen LogP contribution in [-0.2, 0) is 0 Å². The van der Waals surface area contributed by atoms with E-state index in [9.17, 15) is 0 Å². The molecule has 0 amide bonds. The van der Waals surface area contributed by atoms with Crippen molar-refractivity contribution in [3.8, 4) is 11.8 Å². The maximum atomic E-state index is 9.00. The molecule has 5 heteroatoms. The highest BCUT2D eigenvalue weighted by molar-refractivity contribution is 7.19. The van der Waals surface area contributed by atoms with Crippen LogP contribution in [0.15, 0.2) is 24.3 Å². The summed E-state index contributed by atoms with van der Waals surface area (Å²) in [6, 6.07) is 9.82. The number of nitrogens with two attached hydrogens (primary N) is 1. The molecule has 4 nitrogen and oxygen atoms in total. The molecule has 0 aliphatic carbocycles. The first kappa shape index (κ1) is 11.8. The van der Waals surface area contributed by atoms with E-state index in [1.54, 1.807) is 0 Å². The van der Waals surface area contributed by atoms with Crippen molar-refractivity contribution in [2.24, 2.45) is 0 Å². The van der Waals surface area contributed by atoms with Gasteiger partial charge in [0.1, 0.15) is 21.5 Å². The van der Waals surface area contributed by atoms with Gasteiger partial charge in [-0.2, -0.15) is 5.26 Å². The highest BCUT2D eigenvalue weighted by Gasteiger charge is 2.11. The van der Waals surface area contributed by atoms with Crippen molar-refractivity contribution < 1.29 is 4.74 Å². The highest BCUT2D eigenvalue weighted by Crippen LogP contribution is 2.34. The number of thiophene rings is 1. The van der Waals surface area contributed by atoms with Gasteiger partial charge in [0.25, 0.3) is 0 Å². The standard InChI is InChI=1S/C14H11N3OS/c1-2-18-9-3-4-11-8(5-9)6-10-13(16)12(7-15)19-14(10)17-11/h3-6H,2,16H2,1H3. The van der Waals surface area contributed by atoms with E-state index in [-0.39, 0.29) is 0 Å². The fraction of sp³-hybridized carbons (Fsp3) is 0.143. The van der Waals surface area contributed by atoms with Gasteiger partial charge in [0, 0.05) is 10.8 Å². The second-order valence-electron chi connectivity index (χ2n) is 4.09. The molecule has 3 aromatic rings. The monoisotopic (exact) mass is 269 g/mol. The second kappa shape index (κ2) is 4.41. The van der Waals surface area contributed by atoms with Gasteiger partial charge < -0.3 is 10.5 Å². The molecule has 3 rings (SSSR count). The van der Waals surface area contributed by atoms with E-state index in [2.05, 4.69) is 11.1 Å². The van der Waals surface area contributed by atoms with Gasteiger partial charge in [0.15, 0.2) is 0 Å². The topological polar surface area (TPSA) is 71.9 Å². The Morgan fingerprint density at radius 3 is 3.00 bits per heavy atom. The number of pyridine rings is 1. The zero-order valence-electron chi connectivity index (χ0n) is 10.3. The molecule has 19 heavy (non-hydrogen) atoms. The molecule has 2 heterocycles. The summed E-state index contributed by atoms with van der Waals surface area (Å²) in [6.45, 7) is 2.57. The van der Waals surface area contributed by atoms with Crippen molar-refractivity contribution in [2.45, 2.75) is 6.92 Å². The Kier molecular flexibility index (Phi) is 2.73. The maximum Gasteiger partial charge on any atom is 0.130 e. The second-order valence-corrected chi connectivity index (χ2v) is 5.08. The summed E-state index contributed by atoms with van der Waals surface area (Å²) >= 11 is 1.32. The number of hydrogen-bond acceptors (Lipinski definition) is 5. The molecular weight excluding hydrogens is 258 g/mol. The number of hydrogen-bond donors (Lipinski definition) is 1. The Morgan fingerprint density at radius 1 is 1.42 bits per heavy atom. The third kappa shape index (κ3) is 1.86. The minimum Gasteiger partial charge on any atom is -0.494 e. The summed E-state index contributed by atoms with van der Waals surface area (Å²) < 4.78 is 5.47. The number of nitriles is 1. The molecule has 0 spiro atoms. The van der Waals surface area contributed by atoms with Crippen molar-refractivity contribution in [1.29, 1.82) is 5.26 Å². The molecule has 0 bridgehead atoms. The molecule has 0 unspecified atom stereocenters. The van der Waals surface area contributed by atoms with Crippen LogP contribution in [0.3, 0.4) is 0 Å². The Morgan fingerprint density at radius 2 is 2.26 bits per heavy atom.